The van der Waals surface area contributed by atoms with Crippen LogP contribution >= 0.6 is 7.82 Å². The van der Waals surface area contributed by atoms with Gasteiger partial charge in [-0.1, -0.05) is 6.58 Å². The van der Waals surface area contributed by atoms with Gasteiger partial charge in [-0.3, -0.25) is 15.2 Å². The van der Waals surface area contributed by atoms with Crippen LogP contribution < -0.4 is 5.48 Å². The van der Waals surface area contributed by atoms with Gasteiger partial charge in [-0.2, -0.15) is 0 Å². The van der Waals surface area contributed by atoms with Crippen LogP contribution in [0.1, 0.15) is 0 Å². The molecule has 1 fully saturated rings. The normalized spacial score (nSPS) is 34.7. The maximum absolute atomic E-state index is 14.5. The lowest BCUT2D eigenvalue weighted by Gasteiger charge is -2.30. The monoisotopic (exact) mass is 355 g/mol. The molecule has 11 nitrogen and oxygen atoms in total. The molecule has 1 saturated heterocycles. The van der Waals surface area contributed by atoms with Gasteiger partial charge in [0.05, 0.1) is 0 Å². The second-order valence-electron chi connectivity index (χ2n) is 4.74. The minimum Gasteiger partial charge on any atom is -0.385 e. The number of hydrogen-bond donors (Lipinski definition) is 6. The molecule has 0 spiro atoms. The van der Waals surface area contributed by atoms with Crippen LogP contribution in [-0.4, -0.2) is 66.8 Å². The molecule has 2 rings (SSSR count). The predicted octanol–water partition coefficient (Wildman–Crippen LogP) is -1.48. The predicted molar refractivity (Wildman–Crippen MR) is 71.2 cm³/mol. The van der Waals surface area contributed by atoms with Gasteiger partial charge in [0.1, 0.15) is 24.6 Å². The maximum atomic E-state index is 14.5. The third-order valence-electron chi connectivity index (χ3n) is 3.13. The number of aliphatic hydroxyl groups is 2. The molecule has 6 N–H and O–H groups in total. The molecule has 13 heteroatoms. The number of halogens is 1. The molecule has 0 unspecified atom stereocenters. The molecule has 23 heavy (non-hydrogen) atoms. The van der Waals surface area contributed by atoms with Crippen LogP contribution in [0.25, 0.3) is 0 Å². The van der Waals surface area contributed by atoms with Crippen LogP contribution in [0.3, 0.4) is 0 Å². The Labute approximate surface area is 129 Å². The molecule has 0 saturated carbocycles. The first kappa shape index (κ1) is 18.0. The zero-order valence-corrected chi connectivity index (χ0v) is 12.4. The van der Waals surface area contributed by atoms with Crippen molar-refractivity contribution in [2.45, 2.75) is 24.3 Å². The third-order valence-corrected chi connectivity index (χ3v) is 3.60. The third kappa shape index (κ3) is 3.76. The van der Waals surface area contributed by atoms with E-state index in [9.17, 15) is 19.2 Å². The quantitative estimate of drug-likeness (QED) is 0.259. The second kappa shape index (κ2) is 6.26. The summed E-state index contributed by atoms with van der Waals surface area (Å²) < 4.78 is 34.0. The highest BCUT2D eigenvalue weighted by atomic mass is 31.2. The maximum Gasteiger partial charge on any atom is 0.469 e. The van der Waals surface area contributed by atoms with E-state index in [4.69, 9.17) is 19.7 Å². The van der Waals surface area contributed by atoms with E-state index in [1.807, 2.05) is 0 Å². The number of phosphoric ester groups is 1. The summed E-state index contributed by atoms with van der Waals surface area (Å²) >= 11 is 0. The Hall–Kier alpha value is -1.37. The summed E-state index contributed by atoms with van der Waals surface area (Å²) in [5, 5.41) is 28.4. The van der Waals surface area contributed by atoms with Gasteiger partial charge in [0.25, 0.3) is 5.85 Å². The number of nitrogens with zero attached hydrogens (tertiary/aromatic N) is 2. The number of aliphatic imine (C=N–C) groups is 1. The molecule has 0 aliphatic carbocycles. The summed E-state index contributed by atoms with van der Waals surface area (Å²) in [6.07, 6.45) is -2.92. The lowest BCUT2D eigenvalue weighted by Crippen LogP contribution is -2.43. The number of ether oxygens (including phenoxy) is 1. The van der Waals surface area contributed by atoms with E-state index >= 15 is 0 Å². The highest BCUT2D eigenvalue weighted by Crippen LogP contribution is 2.42. The van der Waals surface area contributed by atoms with Gasteiger partial charge in [-0.05, 0) is 6.08 Å². The molecule has 0 radical (unpaired) electrons. The SMILES string of the molecule is C=C1N=C(NO)C=CN1[C@@H]1O[C@](F)(COP(=O)(O)O)[C@@H](O)[C@H]1O. The summed E-state index contributed by atoms with van der Waals surface area (Å²) in [6.45, 7) is 2.21. The molecule has 0 bridgehead atoms. The number of aliphatic hydroxyl groups excluding tert-OH is 2. The summed E-state index contributed by atoms with van der Waals surface area (Å²) in [4.78, 5) is 22.0. The molecular weight excluding hydrogens is 340 g/mol. The van der Waals surface area contributed by atoms with Crippen molar-refractivity contribution in [2.24, 2.45) is 4.99 Å². The Bertz CT molecular complexity index is 595. The van der Waals surface area contributed by atoms with Crippen LogP contribution in [0, 0.1) is 0 Å². The number of phosphoric acid groups is 1. The fourth-order valence-electron chi connectivity index (χ4n) is 2.03. The molecule has 2 aliphatic heterocycles. The minimum absolute atomic E-state index is 0.0237. The number of hydrogen-bond acceptors (Lipinski definition) is 9. The zero-order valence-electron chi connectivity index (χ0n) is 11.5. The molecule has 0 aromatic carbocycles. The van der Waals surface area contributed by atoms with Gasteiger partial charge in [0.2, 0.25) is 0 Å². The number of nitrogens with one attached hydrogen (secondary N) is 1. The van der Waals surface area contributed by atoms with Gasteiger partial charge in [0, 0.05) is 6.20 Å². The van der Waals surface area contributed by atoms with Crippen molar-refractivity contribution in [1.29, 1.82) is 0 Å². The van der Waals surface area contributed by atoms with Crippen LogP contribution in [0.2, 0.25) is 0 Å². The lowest BCUT2D eigenvalue weighted by molar-refractivity contribution is -0.207. The fraction of sp³-hybridized carbons (Fsp3) is 0.500. The van der Waals surface area contributed by atoms with E-state index in [2.05, 4.69) is 16.1 Å². The average molecular weight is 355 g/mol. The van der Waals surface area contributed by atoms with Gasteiger partial charge in [-0.15, -0.1) is 0 Å². The summed E-state index contributed by atoms with van der Waals surface area (Å²) in [7, 11) is -5.00. The zero-order chi connectivity index (χ0) is 17.4. The van der Waals surface area contributed by atoms with Gasteiger partial charge < -0.3 is 29.6 Å². The van der Waals surface area contributed by atoms with Crippen molar-refractivity contribution in [3.63, 3.8) is 0 Å². The Morgan fingerprint density at radius 3 is 2.74 bits per heavy atom. The van der Waals surface area contributed by atoms with E-state index in [1.165, 1.54) is 12.3 Å². The average Bonchev–Trinajstić information content (AvgIpc) is 2.70. The summed E-state index contributed by atoms with van der Waals surface area (Å²) in [5.74, 6) is -3.09. The van der Waals surface area contributed by atoms with Gasteiger partial charge >= 0.3 is 7.82 Å². The first-order chi connectivity index (χ1) is 10.6. The molecular formula is C10H15FN3O8P. The molecule has 130 valence electrons. The topological polar surface area (TPSA) is 164 Å². The molecule has 2 heterocycles. The van der Waals surface area contributed by atoms with Gasteiger partial charge in [-0.25, -0.2) is 13.9 Å². The van der Waals surface area contributed by atoms with E-state index in [1.54, 1.807) is 5.48 Å². The fourth-order valence-corrected chi connectivity index (χ4v) is 2.37. The van der Waals surface area contributed by atoms with Crippen molar-refractivity contribution in [1.82, 2.24) is 10.4 Å². The van der Waals surface area contributed by atoms with E-state index in [-0.39, 0.29) is 11.7 Å². The van der Waals surface area contributed by atoms with Crippen LogP contribution in [0.15, 0.2) is 29.7 Å². The Morgan fingerprint density at radius 1 is 1.57 bits per heavy atom. The molecule has 0 amide bonds. The van der Waals surface area contributed by atoms with Crippen LogP contribution in [0.5, 0.6) is 0 Å². The van der Waals surface area contributed by atoms with Crippen molar-refractivity contribution < 1.29 is 43.4 Å². The summed E-state index contributed by atoms with van der Waals surface area (Å²) in [5.41, 5.74) is 1.76. The first-order valence-electron chi connectivity index (χ1n) is 6.14. The number of amidine groups is 1. The lowest BCUT2D eigenvalue weighted by atomic mass is 10.1. The number of hydroxylamine groups is 1. The molecule has 0 aromatic rings. The van der Waals surface area contributed by atoms with Crippen molar-refractivity contribution in [3.05, 3.63) is 24.7 Å². The van der Waals surface area contributed by atoms with Crippen LogP contribution in [-0.2, 0) is 13.8 Å². The van der Waals surface area contributed by atoms with Crippen LogP contribution in [0.4, 0.5) is 4.39 Å². The highest BCUT2D eigenvalue weighted by molar-refractivity contribution is 7.46. The number of alkyl halides is 1. The van der Waals surface area contributed by atoms with E-state index in [0.717, 1.165) is 4.90 Å². The molecule has 4 atom stereocenters. The number of rotatable bonds is 4. The van der Waals surface area contributed by atoms with Crippen molar-refractivity contribution in [3.8, 4) is 0 Å². The smallest absolute Gasteiger partial charge is 0.385 e. The highest BCUT2D eigenvalue weighted by Gasteiger charge is 2.58. The van der Waals surface area contributed by atoms with E-state index < -0.39 is 38.7 Å². The molecule has 0 aromatic heterocycles. The second-order valence-corrected chi connectivity index (χ2v) is 5.98. The first-order valence-corrected chi connectivity index (χ1v) is 7.67. The van der Waals surface area contributed by atoms with Crippen molar-refractivity contribution >= 4 is 13.7 Å². The van der Waals surface area contributed by atoms with Crippen molar-refractivity contribution in [2.75, 3.05) is 6.61 Å². The standard InChI is InChI=1S/C10H15FN3O8P/c1-5-12-6(13-17)2-3-14(5)9-7(15)8(16)10(11,22-9)4-21-23(18,19)20/h2-3,7-9,15-17H,1,4H2,(H,12,13)(H2,18,19,20)/t7-,8+,9-,10-/m1/s1. The minimum atomic E-state index is -5.00. The largest absolute Gasteiger partial charge is 0.469 e. The molecule has 2 aliphatic rings. The Morgan fingerprint density at radius 2 is 2.22 bits per heavy atom. The Kier molecular flexibility index (Phi) is 4.89. The summed E-state index contributed by atoms with van der Waals surface area (Å²) in [6, 6.07) is 0. The van der Waals surface area contributed by atoms with Gasteiger partial charge in [0.15, 0.2) is 12.1 Å². The van der Waals surface area contributed by atoms with E-state index in [0.29, 0.717) is 0 Å². The Balaban J connectivity index is 2.14.